The van der Waals surface area contributed by atoms with E-state index in [2.05, 4.69) is 10.1 Å². The smallest absolute Gasteiger partial charge is 0.295 e. The number of piperazine rings is 1. The third-order valence-corrected chi connectivity index (χ3v) is 7.17. The summed E-state index contributed by atoms with van der Waals surface area (Å²) in [5.74, 6) is -0.418. The van der Waals surface area contributed by atoms with E-state index in [4.69, 9.17) is 11.6 Å². The number of aromatic nitrogens is 3. The fourth-order valence-corrected chi connectivity index (χ4v) is 5.14. The summed E-state index contributed by atoms with van der Waals surface area (Å²) in [6.45, 7) is 0.494. The molecule has 166 valence electrons. The summed E-state index contributed by atoms with van der Waals surface area (Å²) in [5, 5.41) is 15.7. The summed E-state index contributed by atoms with van der Waals surface area (Å²) in [5.41, 5.74) is 0.0247. The summed E-state index contributed by atoms with van der Waals surface area (Å²) in [4.78, 5) is 29.2. The maximum Gasteiger partial charge on any atom is 0.295 e. The Morgan fingerprint density at radius 1 is 1.09 bits per heavy atom. The number of carbonyl (C=O) groups is 1. The molecule has 2 aromatic carbocycles. The number of amides is 1. The van der Waals surface area contributed by atoms with Gasteiger partial charge in [0.1, 0.15) is 18.3 Å². The van der Waals surface area contributed by atoms with Gasteiger partial charge in [0.2, 0.25) is 10.0 Å². The van der Waals surface area contributed by atoms with Gasteiger partial charge >= 0.3 is 0 Å². The Morgan fingerprint density at radius 2 is 1.84 bits per heavy atom. The fourth-order valence-electron chi connectivity index (χ4n) is 3.42. The molecule has 0 aliphatic carbocycles. The third-order valence-electron chi connectivity index (χ3n) is 5.04. The molecule has 1 amide bonds. The van der Waals surface area contributed by atoms with E-state index in [9.17, 15) is 23.3 Å². The average molecular weight is 477 g/mol. The number of benzene rings is 2. The number of halogens is 1. The van der Waals surface area contributed by atoms with Crippen LogP contribution in [0.3, 0.4) is 0 Å². The quantitative estimate of drug-likeness (QED) is 0.406. The third kappa shape index (κ3) is 4.20. The van der Waals surface area contributed by atoms with Crippen LogP contribution in [-0.2, 0) is 10.0 Å². The first-order chi connectivity index (χ1) is 15.3. The van der Waals surface area contributed by atoms with Crippen molar-refractivity contribution in [2.75, 3.05) is 26.2 Å². The zero-order valence-corrected chi connectivity index (χ0v) is 18.1. The molecule has 0 spiro atoms. The number of hydrogen-bond donors (Lipinski definition) is 0. The van der Waals surface area contributed by atoms with Crippen molar-refractivity contribution in [3.05, 3.63) is 75.8 Å². The predicted octanol–water partition coefficient (Wildman–Crippen LogP) is 1.98. The molecule has 0 saturated carbocycles. The fraction of sp³-hybridized carbons (Fsp3) is 0.211. The van der Waals surface area contributed by atoms with E-state index in [-0.39, 0.29) is 48.0 Å². The van der Waals surface area contributed by atoms with E-state index >= 15 is 0 Å². The second-order valence-corrected chi connectivity index (χ2v) is 9.33. The van der Waals surface area contributed by atoms with E-state index in [1.165, 1.54) is 56.9 Å². The number of hydrogen-bond acceptors (Lipinski definition) is 7. The van der Waals surface area contributed by atoms with Gasteiger partial charge in [0.25, 0.3) is 11.6 Å². The molecule has 3 aromatic rings. The van der Waals surface area contributed by atoms with Crippen molar-refractivity contribution < 1.29 is 18.1 Å². The SMILES string of the molecule is O=C(c1ccc(-n2cncn2)c([N+](=O)[O-])c1)N1CCN(S(=O)(=O)c2cccc(Cl)c2)CC1. The summed E-state index contributed by atoms with van der Waals surface area (Å²) >= 11 is 5.91. The molecule has 1 saturated heterocycles. The van der Waals surface area contributed by atoms with Gasteiger partial charge in [-0.2, -0.15) is 9.40 Å². The normalized spacial score (nSPS) is 15.0. The first-order valence-electron chi connectivity index (χ1n) is 9.46. The van der Waals surface area contributed by atoms with Crippen LogP contribution in [0.1, 0.15) is 10.4 Å². The highest BCUT2D eigenvalue weighted by Gasteiger charge is 2.31. The van der Waals surface area contributed by atoms with Crippen LogP contribution in [0, 0.1) is 10.1 Å². The molecular weight excluding hydrogens is 460 g/mol. The summed E-state index contributed by atoms with van der Waals surface area (Å²) in [6, 6.07) is 10.1. The van der Waals surface area contributed by atoms with Crippen molar-refractivity contribution in [1.29, 1.82) is 0 Å². The molecule has 0 unspecified atom stereocenters. The second-order valence-electron chi connectivity index (χ2n) is 6.95. The topological polar surface area (TPSA) is 132 Å². The zero-order chi connectivity index (χ0) is 22.9. The highest BCUT2D eigenvalue weighted by atomic mass is 35.5. The average Bonchev–Trinajstić information content (AvgIpc) is 3.33. The lowest BCUT2D eigenvalue weighted by Gasteiger charge is -2.34. The molecule has 32 heavy (non-hydrogen) atoms. The van der Waals surface area contributed by atoms with E-state index in [0.717, 1.165) is 0 Å². The van der Waals surface area contributed by atoms with Crippen LogP contribution in [-0.4, -0.2) is 69.4 Å². The van der Waals surface area contributed by atoms with Gasteiger partial charge in [-0.25, -0.2) is 18.1 Å². The second kappa shape index (κ2) is 8.65. The molecule has 1 aromatic heterocycles. The minimum absolute atomic E-state index is 0.0871. The molecule has 1 aliphatic heterocycles. The minimum atomic E-state index is -3.74. The van der Waals surface area contributed by atoms with Gasteiger partial charge in [-0.05, 0) is 30.3 Å². The highest BCUT2D eigenvalue weighted by molar-refractivity contribution is 7.89. The Labute approximate surface area is 188 Å². The number of nitro benzene ring substituents is 1. The molecule has 1 aliphatic rings. The molecule has 0 radical (unpaired) electrons. The van der Waals surface area contributed by atoms with Crippen molar-refractivity contribution in [2.24, 2.45) is 0 Å². The number of sulfonamides is 1. The first kappa shape index (κ1) is 21.9. The van der Waals surface area contributed by atoms with Crippen molar-refractivity contribution in [1.82, 2.24) is 24.0 Å². The van der Waals surface area contributed by atoms with Gasteiger partial charge in [-0.15, -0.1) is 0 Å². The van der Waals surface area contributed by atoms with E-state index in [1.807, 2.05) is 0 Å². The molecule has 1 fully saturated rings. The standard InChI is InChI=1S/C19H17ClN6O5S/c20-15-2-1-3-16(11-15)32(30,31)24-8-6-23(7-9-24)19(27)14-4-5-17(18(10-14)26(28)29)25-13-21-12-22-25/h1-5,10-13H,6-9H2. The summed E-state index contributed by atoms with van der Waals surface area (Å²) in [6.07, 6.45) is 2.57. The molecule has 2 heterocycles. The maximum atomic E-state index is 12.9. The largest absolute Gasteiger partial charge is 0.336 e. The van der Waals surface area contributed by atoms with Gasteiger partial charge in [0.05, 0.1) is 9.82 Å². The summed E-state index contributed by atoms with van der Waals surface area (Å²) in [7, 11) is -3.74. The molecule has 0 N–H and O–H groups in total. The first-order valence-corrected chi connectivity index (χ1v) is 11.3. The Kier molecular flexibility index (Phi) is 5.91. The van der Waals surface area contributed by atoms with Crippen LogP contribution in [0.4, 0.5) is 5.69 Å². The van der Waals surface area contributed by atoms with Gasteiger partial charge in [0, 0.05) is 42.8 Å². The van der Waals surface area contributed by atoms with Crippen LogP contribution < -0.4 is 0 Å². The molecule has 11 nitrogen and oxygen atoms in total. The molecule has 0 bridgehead atoms. The molecular formula is C19H17ClN6O5S. The highest BCUT2D eigenvalue weighted by Crippen LogP contribution is 2.25. The Bertz CT molecular complexity index is 1270. The van der Waals surface area contributed by atoms with E-state index < -0.39 is 20.9 Å². The van der Waals surface area contributed by atoms with Crippen molar-refractivity contribution in [3.8, 4) is 5.69 Å². The number of nitrogens with zero attached hydrogens (tertiary/aromatic N) is 6. The Hall–Kier alpha value is -3.35. The predicted molar refractivity (Wildman–Crippen MR) is 114 cm³/mol. The monoisotopic (exact) mass is 476 g/mol. The minimum Gasteiger partial charge on any atom is -0.336 e. The molecule has 0 atom stereocenters. The Balaban J connectivity index is 1.50. The van der Waals surface area contributed by atoms with Crippen LogP contribution >= 0.6 is 11.6 Å². The van der Waals surface area contributed by atoms with Gasteiger partial charge in [-0.1, -0.05) is 17.7 Å². The molecule has 13 heteroatoms. The van der Waals surface area contributed by atoms with Crippen LogP contribution in [0.5, 0.6) is 0 Å². The molecule has 4 rings (SSSR count). The lowest BCUT2D eigenvalue weighted by Crippen LogP contribution is -2.50. The van der Waals surface area contributed by atoms with E-state index in [0.29, 0.717) is 5.02 Å². The number of nitro groups is 1. The van der Waals surface area contributed by atoms with Crippen molar-refractivity contribution in [2.45, 2.75) is 4.90 Å². The van der Waals surface area contributed by atoms with Gasteiger partial charge in [-0.3, -0.25) is 14.9 Å². The van der Waals surface area contributed by atoms with Crippen molar-refractivity contribution in [3.63, 3.8) is 0 Å². The van der Waals surface area contributed by atoms with Crippen LogP contribution in [0.2, 0.25) is 5.02 Å². The Morgan fingerprint density at radius 3 is 2.47 bits per heavy atom. The number of carbonyl (C=O) groups excluding carboxylic acids is 1. The van der Waals surface area contributed by atoms with Crippen molar-refractivity contribution >= 4 is 33.2 Å². The zero-order valence-electron chi connectivity index (χ0n) is 16.5. The van der Waals surface area contributed by atoms with E-state index in [1.54, 1.807) is 12.1 Å². The van der Waals surface area contributed by atoms with Gasteiger partial charge in [0.15, 0.2) is 0 Å². The number of rotatable bonds is 5. The summed E-state index contributed by atoms with van der Waals surface area (Å²) < 4.78 is 28.2. The lowest BCUT2D eigenvalue weighted by atomic mass is 10.1. The van der Waals surface area contributed by atoms with Crippen LogP contribution in [0.25, 0.3) is 5.69 Å². The van der Waals surface area contributed by atoms with Crippen LogP contribution in [0.15, 0.2) is 60.0 Å². The lowest BCUT2D eigenvalue weighted by molar-refractivity contribution is -0.384. The van der Waals surface area contributed by atoms with Gasteiger partial charge < -0.3 is 4.90 Å². The maximum absolute atomic E-state index is 12.9.